The molecular weight excluding hydrogens is 380 g/mol. The Hall–Kier alpha value is -2.30. The van der Waals surface area contributed by atoms with E-state index in [1.54, 1.807) is 16.3 Å². The van der Waals surface area contributed by atoms with Gasteiger partial charge in [-0.2, -0.15) is 0 Å². The highest BCUT2D eigenvalue weighted by molar-refractivity contribution is 9.10. The fraction of sp³-hybridized carbons (Fsp3) is 0.538. The van der Waals surface area contributed by atoms with Crippen molar-refractivity contribution in [1.82, 2.24) is 38.9 Å². The van der Waals surface area contributed by atoms with E-state index in [2.05, 4.69) is 43.4 Å². The molecule has 3 heterocycles. The molecule has 0 saturated heterocycles. The molecule has 0 aliphatic heterocycles. The summed E-state index contributed by atoms with van der Waals surface area (Å²) in [6, 6.07) is 0. The molecule has 11 heteroatoms. The van der Waals surface area contributed by atoms with E-state index >= 15 is 0 Å². The Morgan fingerprint density at radius 1 is 1.17 bits per heavy atom. The van der Waals surface area contributed by atoms with Crippen LogP contribution < -0.4 is 11.2 Å². The molecule has 3 aromatic rings. The average Bonchev–Trinajstić information content (AvgIpc) is 3.14. The van der Waals surface area contributed by atoms with Crippen molar-refractivity contribution in [2.24, 2.45) is 14.1 Å². The number of halogens is 1. The van der Waals surface area contributed by atoms with Gasteiger partial charge in [-0.15, -0.1) is 5.10 Å². The van der Waals surface area contributed by atoms with Crippen LogP contribution in [0, 0.1) is 0 Å². The van der Waals surface area contributed by atoms with Crippen LogP contribution in [0.1, 0.15) is 25.6 Å². The quantitative estimate of drug-likeness (QED) is 0.563. The summed E-state index contributed by atoms with van der Waals surface area (Å²) in [6.45, 7) is 3.10. The fourth-order valence-corrected chi connectivity index (χ4v) is 3.03. The molecule has 0 spiro atoms. The number of rotatable bonds is 5. The summed E-state index contributed by atoms with van der Waals surface area (Å²) in [6.07, 6.45) is 1.99. The number of hydrogen-bond acceptors (Lipinski definition) is 6. The molecule has 0 N–H and O–H groups in total. The van der Waals surface area contributed by atoms with Crippen molar-refractivity contribution in [1.29, 1.82) is 0 Å². The van der Waals surface area contributed by atoms with Gasteiger partial charge < -0.3 is 0 Å². The van der Waals surface area contributed by atoms with Gasteiger partial charge in [0.1, 0.15) is 0 Å². The summed E-state index contributed by atoms with van der Waals surface area (Å²) >= 11 is 3.36. The SMILES string of the molecule is CCCCn1nnnc1Cn1c(Br)nc2c(=O)n(C)c(=O)n(C)c21. The Labute approximate surface area is 144 Å². The lowest BCUT2D eigenvalue weighted by Crippen LogP contribution is -2.37. The first kappa shape index (κ1) is 16.6. The van der Waals surface area contributed by atoms with E-state index in [1.165, 1.54) is 11.6 Å². The van der Waals surface area contributed by atoms with Crippen LogP contribution in [0.5, 0.6) is 0 Å². The smallest absolute Gasteiger partial charge is 0.297 e. The van der Waals surface area contributed by atoms with Gasteiger partial charge in [0.15, 0.2) is 21.7 Å². The number of fused-ring (bicyclic) bond motifs is 1. The minimum atomic E-state index is -0.432. The molecule has 128 valence electrons. The number of tetrazole rings is 1. The number of aryl methyl sites for hydroxylation is 2. The van der Waals surface area contributed by atoms with E-state index in [1.807, 2.05) is 0 Å². The molecule has 3 aromatic heterocycles. The summed E-state index contributed by atoms with van der Waals surface area (Å²) < 4.78 is 6.32. The predicted molar refractivity (Wildman–Crippen MR) is 89.7 cm³/mol. The van der Waals surface area contributed by atoms with Crippen molar-refractivity contribution in [3.63, 3.8) is 0 Å². The highest BCUT2D eigenvalue weighted by Crippen LogP contribution is 2.17. The van der Waals surface area contributed by atoms with Gasteiger partial charge in [0.05, 0.1) is 6.54 Å². The highest BCUT2D eigenvalue weighted by Gasteiger charge is 2.19. The van der Waals surface area contributed by atoms with Gasteiger partial charge >= 0.3 is 5.69 Å². The Morgan fingerprint density at radius 3 is 2.62 bits per heavy atom. The summed E-state index contributed by atoms with van der Waals surface area (Å²) in [7, 11) is 3.04. The lowest BCUT2D eigenvalue weighted by atomic mass is 10.3. The molecule has 0 radical (unpaired) electrons. The maximum Gasteiger partial charge on any atom is 0.332 e. The van der Waals surface area contributed by atoms with Crippen LogP contribution in [0.15, 0.2) is 14.3 Å². The predicted octanol–water partition coefficient (Wildman–Crippen LogP) is 0.0311. The first-order valence-corrected chi connectivity index (χ1v) is 8.31. The van der Waals surface area contributed by atoms with Crippen LogP contribution >= 0.6 is 15.9 Å². The minimum absolute atomic E-state index is 0.221. The number of unbranched alkanes of at least 4 members (excludes halogenated alkanes) is 1. The fourth-order valence-electron chi connectivity index (χ4n) is 2.56. The molecule has 0 amide bonds. The van der Waals surface area contributed by atoms with Crippen molar-refractivity contribution in [2.75, 3.05) is 0 Å². The second kappa shape index (κ2) is 6.30. The summed E-state index contributed by atoms with van der Waals surface area (Å²) in [5.74, 6) is 0.636. The van der Waals surface area contributed by atoms with Gasteiger partial charge in [-0.3, -0.25) is 18.5 Å². The largest absolute Gasteiger partial charge is 0.332 e. The molecule has 0 aliphatic carbocycles. The van der Waals surface area contributed by atoms with Crippen LogP contribution in [0.2, 0.25) is 0 Å². The number of hydrogen-bond donors (Lipinski definition) is 0. The van der Waals surface area contributed by atoms with E-state index in [0.717, 1.165) is 17.4 Å². The maximum absolute atomic E-state index is 12.3. The zero-order valence-electron chi connectivity index (χ0n) is 13.6. The van der Waals surface area contributed by atoms with Crippen molar-refractivity contribution >= 4 is 27.1 Å². The second-order valence-electron chi connectivity index (χ2n) is 5.52. The minimum Gasteiger partial charge on any atom is -0.297 e. The maximum atomic E-state index is 12.3. The third-order valence-electron chi connectivity index (χ3n) is 3.92. The molecule has 0 unspecified atom stereocenters. The zero-order valence-corrected chi connectivity index (χ0v) is 15.2. The van der Waals surface area contributed by atoms with E-state index in [0.29, 0.717) is 29.3 Å². The number of imidazole rings is 1. The van der Waals surface area contributed by atoms with Crippen molar-refractivity contribution in [3.05, 3.63) is 31.4 Å². The van der Waals surface area contributed by atoms with Crippen LogP contribution in [-0.2, 0) is 27.2 Å². The molecule has 0 saturated carbocycles. The molecule has 3 rings (SSSR count). The van der Waals surface area contributed by atoms with Gasteiger partial charge in [-0.05, 0) is 32.8 Å². The third kappa shape index (κ3) is 2.58. The Balaban J connectivity index is 2.15. The summed E-state index contributed by atoms with van der Waals surface area (Å²) in [5.41, 5.74) is -0.191. The normalized spacial score (nSPS) is 11.5. The van der Waals surface area contributed by atoms with E-state index < -0.39 is 11.2 Å². The van der Waals surface area contributed by atoms with Gasteiger partial charge in [-0.25, -0.2) is 14.5 Å². The third-order valence-corrected chi connectivity index (χ3v) is 4.53. The molecule has 10 nitrogen and oxygen atoms in total. The Morgan fingerprint density at radius 2 is 1.92 bits per heavy atom. The van der Waals surface area contributed by atoms with Gasteiger partial charge in [0.2, 0.25) is 0 Å². The number of nitrogens with zero attached hydrogens (tertiary/aromatic N) is 8. The molecule has 0 fully saturated rings. The number of aromatic nitrogens is 8. The molecule has 0 aliphatic rings. The van der Waals surface area contributed by atoms with Crippen molar-refractivity contribution < 1.29 is 0 Å². The van der Waals surface area contributed by atoms with E-state index in [9.17, 15) is 9.59 Å². The topological polar surface area (TPSA) is 105 Å². The highest BCUT2D eigenvalue weighted by atomic mass is 79.9. The second-order valence-corrected chi connectivity index (χ2v) is 6.23. The van der Waals surface area contributed by atoms with Crippen molar-refractivity contribution in [2.45, 2.75) is 32.9 Å². The standard InChI is InChI=1S/C13H17BrN8O2/c1-4-5-6-22-8(16-17-18-22)7-21-10-9(15-12(21)14)11(23)20(3)13(24)19(10)2/h4-7H2,1-3H3. The van der Waals surface area contributed by atoms with Crippen LogP contribution in [0.4, 0.5) is 0 Å². The molecule has 0 atom stereocenters. The monoisotopic (exact) mass is 396 g/mol. The first-order valence-electron chi connectivity index (χ1n) is 7.52. The van der Waals surface area contributed by atoms with Crippen LogP contribution in [0.25, 0.3) is 11.2 Å². The van der Waals surface area contributed by atoms with Crippen LogP contribution in [-0.4, -0.2) is 38.9 Å². The van der Waals surface area contributed by atoms with Gasteiger partial charge in [-0.1, -0.05) is 13.3 Å². The average molecular weight is 397 g/mol. The summed E-state index contributed by atoms with van der Waals surface area (Å²) in [4.78, 5) is 28.7. The molecule has 0 bridgehead atoms. The van der Waals surface area contributed by atoms with Gasteiger partial charge in [0.25, 0.3) is 5.56 Å². The van der Waals surface area contributed by atoms with Crippen molar-refractivity contribution in [3.8, 4) is 0 Å². The zero-order chi connectivity index (χ0) is 17.4. The van der Waals surface area contributed by atoms with E-state index in [-0.39, 0.29) is 5.52 Å². The molecule has 24 heavy (non-hydrogen) atoms. The van der Waals surface area contributed by atoms with E-state index in [4.69, 9.17) is 0 Å². The lowest BCUT2D eigenvalue weighted by molar-refractivity contribution is 0.522. The first-order chi connectivity index (χ1) is 11.5. The van der Waals surface area contributed by atoms with Gasteiger partial charge in [0, 0.05) is 20.6 Å². The Bertz CT molecular complexity index is 1010. The van der Waals surface area contributed by atoms with Crippen LogP contribution in [0.3, 0.4) is 0 Å². The molecule has 0 aromatic carbocycles. The molecular formula is C13H17BrN8O2. The lowest BCUT2D eigenvalue weighted by Gasteiger charge is -2.09. The summed E-state index contributed by atoms with van der Waals surface area (Å²) in [5, 5.41) is 11.7. The Kier molecular flexibility index (Phi) is 4.35.